The Morgan fingerprint density at radius 2 is 1.03 bits per heavy atom. The molecule has 11 rings (SSSR count). The molecule has 336 valence electrons. The van der Waals surface area contributed by atoms with Crippen LogP contribution in [0.25, 0.3) is 21.2 Å². The summed E-state index contributed by atoms with van der Waals surface area (Å²) in [5.41, 5.74) is 26.3. The van der Waals surface area contributed by atoms with E-state index in [-0.39, 0.29) is 33.8 Å². The number of anilines is 6. The molecule has 4 aliphatic rings. The minimum atomic E-state index is 0.0187. The van der Waals surface area contributed by atoms with Crippen molar-refractivity contribution in [2.24, 2.45) is 0 Å². The van der Waals surface area contributed by atoms with E-state index in [9.17, 15) is 0 Å². The number of rotatable bonds is 3. The van der Waals surface area contributed by atoms with E-state index in [1.54, 1.807) is 0 Å². The SMILES string of the molecule is Cc1cc(C)c(-c2ccc3c(c2)N(c2ccc4c(c2)C(C)(C)CCC4(C)C)c2cc(C)cc4c2B3c2sc3ccc(C(C)(C)C)cc3c2N4c2ccc3c(c2)C(C)(C)CCC3(C)C)c(C)c1. The number of nitrogens with zero attached hydrogens (tertiary/aromatic N) is 2. The molecule has 0 spiro atoms. The molecule has 2 aliphatic heterocycles. The highest BCUT2D eigenvalue weighted by atomic mass is 32.1. The first-order valence-electron chi connectivity index (χ1n) is 24.8. The predicted molar refractivity (Wildman–Crippen MR) is 290 cm³/mol. The molecule has 7 aromatic rings. The fourth-order valence-corrected chi connectivity index (χ4v) is 14.1. The maximum Gasteiger partial charge on any atom is 0.264 e. The molecular weight excluding hydrogens is 816 g/mol. The van der Waals surface area contributed by atoms with Crippen LogP contribution in [0.3, 0.4) is 0 Å². The number of hydrogen-bond acceptors (Lipinski definition) is 3. The highest BCUT2D eigenvalue weighted by molar-refractivity contribution is 7.33. The minimum absolute atomic E-state index is 0.0187. The summed E-state index contributed by atoms with van der Waals surface area (Å²) >= 11 is 2.01. The van der Waals surface area contributed by atoms with Crippen LogP contribution in [0.15, 0.2) is 97.1 Å². The summed E-state index contributed by atoms with van der Waals surface area (Å²) in [5, 5.41) is 1.36. The third kappa shape index (κ3) is 6.47. The Kier molecular flexibility index (Phi) is 9.39. The molecule has 2 nitrogen and oxygen atoms in total. The predicted octanol–water partition coefficient (Wildman–Crippen LogP) is 15.9. The zero-order chi connectivity index (χ0) is 46.8. The van der Waals surface area contributed by atoms with Crippen molar-refractivity contribution < 1.29 is 0 Å². The van der Waals surface area contributed by atoms with Gasteiger partial charge in [-0.05, 0) is 202 Å². The van der Waals surface area contributed by atoms with Gasteiger partial charge in [-0.15, -0.1) is 11.3 Å². The van der Waals surface area contributed by atoms with Crippen LogP contribution in [-0.4, -0.2) is 6.71 Å². The summed E-state index contributed by atoms with van der Waals surface area (Å²) in [4.78, 5) is 5.38. The monoisotopic (exact) mass is 885 g/mol. The Balaban J connectivity index is 1.24. The van der Waals surface area contributed by atoms with E-state index in [1.165, 1.54) is 147 Å². The number of thiophene rings is 1. The van der Waals surface area contributed by atoms with Crippen molar-refractivity contribution in [3.05, 3.63) is 147 Å². The largest absolute Gasteiger partial charge is 0.311 e. The first kappa shape index (κ1) is 43.5. The standard InChI is InChI=1S/C62H69BN2S/c1-36-28-38(3)54(39(4)29-36)40-16-22-49-50(32-40)64(42-18-20-45-47(34-42)61(12,13)26-24-59(45,8)9)51-30-37(2)31-52-55(51)63(49)57-56(44-33-41(58(5,6)7)17-23-53(44)66-57)65(52)43-19-21-46-48(35-43)62(14,15)27-25-60(46,10)11/h16-23,28-35H,24-27H2,1-15H3. The summed E-state index contributed by atoms with van der Waals surface area (Å²) in [6, 6.07) is 39.6. The fraction of sp³-hybridized carbons (Fsp3) is 0.387. The van der Waals surface area contributed by atoms with Crippen LogP contribution in [0.1, 0.15) is 152 Å². The molecule has 1 aromatic heterocycles. The van der Waals surface area contributed by atoms with Gasteiger partial charge in [0.25, 0.3) is 6.71 Å². The lowest BCUT2D eigenvalue weighted by Gasteiger charge is -2.46. The molecule has 0 N–H and O–H groups in total. The zero-order valence-corrected chi connectivity index (χ0v) is 43.3. The van der Waals surface area contributed by atoms with E-state index in [0.29, 0.717) is 0 Å². The number of benzene rings is 6. The average Bonchev–Trinajstić information content (AvgIpc) is 3.62. The van der Waals surface area contributed by atoms with Crippen molar-refractivity contribution in [2.75, 3.05) is 9.80 Å². The van der Waals surface area contributed by atoms with Gasteiger partial charge < -0.3 is 9.80 Å². The van der Waals surface area contributed by atoms with Gasteiger partial charge in [-0.2, -0.15) is 0 Å². The quantitative estimate of drug-likeness (QED) is 0.163. The second kappa shape index (κ2) is 14.2. The zero-order valence-electron chi connectivity index (χ0n) is 42.4. The lowest BCUT2D eigenvalue weighted by molar-refractivity contribution is 0.332. The number of fused-ring (bicyclic) bond motifs is 8. The van der Waals surface area contributed by atoms with Crippen molar-refractivity contribution in [1.29, 1.82) is 0 Å². The maximum absolute atomic E-state index is 2.70. The van der Waals surface area contributed by atoms with Crippen LogP contribution in [0, 0.1) is 27.7 Å². The molecule has 0 radical (unpaired) electrons. The molecule has 4 heteroatoms. The van der Waals surface area contributed by atoms with Crippen molar-refractivity contribution in [1.82, 2.24) is 0 Å². The Morgan fingerprint density at radius 3 is 1.59 bits per heavy atom. The Hall–Kier alpha value is -5.06. The minimum Gasteiger partial charge on any atom is -0.311 e. The third-order valence-corrected chi connectivity index (χ3v) is 18.1. The molecule has 2 aliphatic carbocycles. The molecular formula is C62H69BN2S. The summed E-state index contributed by atoms with van der Waals surface area (Å²) in [7, 11) is 0. The van der Waals surface area contributed by atoms with Crippen molar-refractivity contribution in [3.8, 4) is 11.1 Å². The Labute approximate surface area is 400 Å². The van der Waals surface area contributed by atoms with Gasteiger partial charge in [-0.1, -0.05) is 124 Å². The van der Waals surface area contributed by atoms with E-state index in [2.05, 4.69) is 211 Å². The third-order valence-electron chi connectivity index (χ3n) is 16.8. The van der Waals surface area contributed by atoms with Crippen LogP contribution >= 0.6 is 11.3 Å². The van der Waals surface area contributed by atoms with Crippen LogP contribution in [0.4, 0.5) is 34.1 Å². The number of hydrogen-bond donors (Lipinski definition) is 0. The van der Waals surface area contributed by atoms with Crippen LogP contribution in [0.5, 0.6) is 0 Å². The molecule has 0 fully saturated rings. The molecule has 0 saturated heterocycles. The van der Waals surface area contributed by atoms with Gasteiger partial charge in [-0.3, -0.25) is 0 Å². The second-order valence-electron chi connectivity index (χ2n) is 24.6. The molecule has 0 bridgehead atoms. The molecule has 66 heavy (non-hydrogen) atoms. The summed E-state index contributed by atoms with van der Waals surface area (Å²) < 4.78 is 2.80. The van der Waals surface area contributed by atoms with E-state index < -0.39 is 0 Å². The van der Waals surface area contributed by atoms with Crippen LogP contribution < -0.4 is 25.5 Å². The lowest BCUT2D eigenvalue weighted by atomic mass is 9.36. The van der Waals surface area contributed by atoms with Gasteiger partial charge in [-0.25, -0.2) is 0 Å². The molecule has 0 amide bonds. The summed E-state index contributed by atoms with van der Waals surface area (Å²) in [6.07, 6.45) is 4.77. The van der Waals surface area contributed by atoms with E-state index >= 15 is 0 Å². The highest BCUT2D eigenvalue weighted by Gasteiger charge is 2.47. The van der Waals surface area contributed by atoms with E-state index in [4.69, 9.17) is 0 Å². The van der Waals surface area contributed by atoms with Gasteiger partial charge in [0.05, 0.1) is 5.69 Å². The maximum atomic E-state index is 2.70. The summed E-state index contributed by atoms with van der Waals surface area (Å²) in [6.45, 7) is 35.9. The first-order valence-corrected chi connectivity index (χ1v) is 25.6. The molecule has 3 heterocycles. The normalized spacial score (nSPS) is 18.4. The molecule has 0 atom stereocenters. The smallest absolute Gasteiger partial charge is 0.264 e. The second-order valence-corrected chi connectivity index (χ2v) is 25.7. The van der Waals surface area contributed by atoms with E-state index in [1.807, 2.05) is 11.3 Å². The first-order chi connectivity index (χ1) is 30.9. The Bertz CT molecular complexity index is 3180. The van der Waals surface area contributed by atoms with Crippen LogP contribution in [0.2, 0.25) is 0 Å². The van der Waals surface area contributed by atoms with Gasteiger partial charge in [0.2, 0.25) is 0 Å². The Morgan fingerprint density at radius 1 is 0.515 bits per heavy atom. The van der Waals surface area contributed by atoms with Crippen molar-refractivity contribution >= 4 is 78.0 Å². The molecule has 0 saturated carbocycles. The molecule has 6 aromatic carbocycles. The highest BCUT2D eigenvalue weighted by Crippen LogP contribution is 2.54. The van der Waals surface area contributed by atoms with Crippen molar-refractivity contribution in [3.63, 3.8) is 0 Å². The number of aryl methyl sites for hydroxylation is 4. The fourth-order valence-electron chi connectivity index (χ4n) is 12.9. The van der Waals surface area contributed by atoms with Gasteiger partial charge >= 0.3 is 0 Å². The lowest BCUT2D eigenvalue weighted by Crippen LogP contribution is -2.60. The van der Waals surface area contributed by atoms with Crippen LogP contribution in [-0.2, 0) is 27.1 Å². The van der Waals surface area contributed by atoms with Gasteiger partial charge in [0.15, 0.2) is 0 Å². The van der Waals surface area contributed by atoms with E-state index in [0.717, 1.165) is 0 Å². The van der Waals surface area contributed by atoms with Crippen molar-refractivity contribution in [2.45, 2.75) is 157 Å². The van der Waals surface area contributed by atoms with Gasteiger partial charge in [0, 0.05) is 43.3 Å². The average molecular weight is 885 g/mol. The van der Waals surface area contributed by atoms with Gasteiger partial charge in [0.1, 0.15) is 0 Å². The topological polar surface area (TPSA) is 6.48 Å². The molecule has 0 unspecified atom stereocenters. The summed E-state index contributed by atoms with van der Waals surface area (Å²) in [5.74, 6) is 0.